The van der Waals surface area contributed by atoms with Crippen molar-refractivity contribution in [3.8, 4) is 22.6 Å². The van der Waals surface area contributed by atoms with Crippen molar-refractivity contribution < 1.29 is 0 Å². The number of aromatic nitrogens is 4. The number of nitrogens with zero attached hydrogens (tertiary/aromatic N) is 4. The lowest BCUT2D eigenvalue weighted by atomic mass is 10.1. The molecular weight excluding hydrogens is 344 g/mol. The summed E-state index contributed by atoms with van der Waals surface area (Å²) in [4.78, 5) is 18.7. The molecule has 2 heterocycles. The lowest BCUT2D eigenvalue weighted by molar-refractivity contribution is 0.822. The maximum atomic E-state index is 4.77. The zero-order valence-electron chi connectivity index (χ0n) is 16.1. The topological polar surface area (TPSA) is 51.6 Å². The highest BCUT2D eigenvalue weighted by atomic mass is 14.9. The van der Waals surface area contributed by atoms with Crippen molar-refractivity contribution >= 4 is 0 Å². The van der Waals surface area contributed by atoms with Crippen LogP contribution in [0.1, 0.15) is 22.9 Å². The van der Waals surface area contributed by atoms with Gasteiger partial charge in [-0.15, -0.1) is 0 Å². The van der Waals surface area contributed by atoms with Gasteiger partial charge in [-0.25, -0.2) is 19.9 Å². The Morgan fingerprint density at radius 1 is 0.607 bits per heavy atom. The Balaban J connectivity index is 1.57. The van der Waals surface area contributed by atoms with E-state index in [1.54, 1.807) is 0 Å². The summed E-state index contributed by atoms with van der Waals surface area (Å²) in [6, 6.07) is 24.4. The standard InChI is InChI=1S/C24H22N4/c1-17-15-21(27-24(26-17)20-11-7-4-8-12-20)13-14-23-25-18(2)16-22(28-23)19-9-5-3-6-10-19/h3-12,15-16H,13-14H2,1-2H3. The molecule has 28 heavy (non-hydrogen) atoms. The van der Waals surface area contributed by atoms with Gasteiger partial charge in [0.1, 0.15) is 5.82 Å². The van der Waals surface area contributed by atoms with Crippen molar-refractivity contribution in [2.75, 3.05) is 0 Å². The summed E-state index contributed by atoms with van der Waals surface area (Å²) in [5, 5.41) is 0. The lowest BCUT2D eigenvalue weighted by Crippen LogP contribution is -2.04. The average Bonchev–Trinajstić information content (AvgIpc) is 2.73. The molecule has 0 atom stereocenters. The van der Waals surface area contributed by atoms with E-state index < -0.39 is 0 Å². The van der Waals surface area contributed by atoms with Gasteiger partial charge < -0.3 is 0 Å². The van der Waals surface area contributed by atoms with Gasteiger partial charge in [0.05, 0.1) is 5.69 Å². The van der Waals surface area contributed by atoms with Crippen LogP contribution in [0, 0.1) is 13.8 Å². The summed E-state index contributed by atoms with van der Waals surface area (Å²) in [7, 11) is 0. The minimum Gasteiger partial charge on any atom is -0.238 e. The molecule has 0 fully saturated rings. The first-order chi connectivity index (χ1) is 13.7. The van der Waals surface area contributed by atoms with E-state index in [0.29, 0.717) is 0 Å². The van der Waals surface area contributed by atoms with Crippen molar-refractivity contribution in [3.05, 3.63) is 95.7 Å². The van der Waals surface area contributed by atoms with E-state index in [2.05, 4.69) is 22.1 Å². The Morgan fingerprint density at radius 2 is 1.25 bits per heavy atom. The number of hydrogen-bond acceptors (Lipinski definition) is 4. The quantitative estimate of drug-likeness (QED) is 0.499. The summed E-state index contributed by atoms with van der Waals surface area (Å²) in [6.07, 6.45) is 1.52. The zero-order chi connectivity index (χ0) is 19.3. The average molecular weight is 366 g/mol. The molecule has 4 nitrogen and oxygen atoms in total. The Labute approximate surface area is 165 Å². The van der Waals surface area contributed by atoms with Gasteiger partial charge in [-0.05, 0) is 32.4 Å². The Hall–Kier alpha value is -3.40. The molecule has 0 unspecified atom stereocenters. The highest BCUT2D eigenvalue weighted by Gasteiger charge is 2.08. The minimum absolute atomic E-state index is 0.742. The fourth-order valence-electron chi connectivity index (χ4n) is 3.22. The van der Waals surface area contributed by atoms with Crippen LogP contribution in [0.3, 0.4) is 0 Å². The van der Waals surface area contributed by atoms with Crippen LogP contribution < -0.4 is 0 Å². The predicted molar refractivity (Wildman–Crippen MR) is 112 cm³/mol. The fourth-order valence-corrected chi connectivity index (χ4v) is 3.22. The summed E-state index contributed by atoms with van der Waals surface area (Å²) in [6.45, 7) is 4.02. The van der Waals surface area contributed by atoms with Crippen LogP contribution in [0.15, 0.2) is 72.8 Å². The maximum absolute atomic E-state index is 4.77. The van der Waals surface area contributed by atoms with Gasteiger partial charge in [0.25, 0.3) is 0 Å². The molecule has 2 aromatic heterocycles. The van der Waals surface area contributed by atoms with Gasteiger partial charge in [0, 0.05) is 34.6 Å². The number of hydrogen-bond donors (Lipinski definition) is 0. The lowest BCUT2D eigenvalue weighted by Gasteiger charge is -2.08. The first kappa shape index (κ1) is 18.0. The van der Waals surface area contributed by atoms with Crippen LogP contribution >= 0.6 is 0 Å². The number of benzene rings is 2. The van der Waals surface area contributed by atoms with Crippen LogP contribution in [-0.4, -0.2) is 19.9 Å². The second kappa shape index (κ2) is 8.09. The molecule has 0 spiro atoms. The molecular formula is C24H22N4. The first-order valence-electron chi connectivity index (χ1n) is 9.47. The third-order valence-corrected chi connectivity index (χ3v) is 4.51. The largest absolute Gasteiger partial charge is 0.238 e. The molecule has 0 aliphatic heterocycles. The van der Waals surface area contributed by atoms with Crippen LogP contribution in [0.25, 0.3) is 22.6 Å². The fraction of sp³-hybridized carbons (Fsp3) is 0.167. The molecule has 0 aliphatic carbocycles. The molecule has 2 aromatic carbocycles. The van der Waals surface area contributed by atoms with E-state index in [-0.39, 0.29) is 0 Å². The third kappa shape index (κ3) is 4.29. The molecule has 4 rings (SSSR count). The predicted octanol–water partition coefficient (Wildman–Crippen LogP) is 5.00. The second-order valence-electron chi connectivity index (χ2n) is 6.87. The summed E-state index contributed by atoms with van der Waals surface area (Å²) >= 11 is 0. The van der Waals surface area contributed by atoms with Crippen molar-refractivity contribution in [1.82, 2.24) is 19.9 Å². The van der Waals surface area contributed by atoms with Gasteiger partial charge in [-0.3, -0.25) is 0 Å². The smallest absolute Gasteiger partial charge is 0.159 e. The monoisotopic (exact) mass is 366 g/mol. The maximum Gasteiger partial charge on any atom is 0.159 e. The highest BCUT2D eigenvalue weighted by Crippen LogP contribution is 2.19. The molecule has 4 aromatic rings. The summed E-state index contributed by atoms with van der Waals surface area (Å²) in [5.41, 5.74) is 6.07. The zero-order valence-corrected chi connectivity index (χ0v) is 16.1. The Kier molecular flexibility index (Phi) is 5.20. The van der Waals surface area contributed by atoms with Gasteiger partial charge >= 0.3 is 0 Å². The van der Waals surface area contributed by atoms with Crippen molar-refractivity contribution in [3.63, 3.8) is 0 Å². The number of aryl methyl sites for hydroxylation is 4. The summed E-state index contributed by atoms with van der Waals surface area (Å²) in [5.74, 6) is 1.61. The third-order valence-electron chi connectivity index (χ3n) is 4.51. The van der Waals surface area contributed by atoms with Crippen molar-refractivity contribution in [2.24, 2.45) is 0 Å². The van der Waals surface area contributed by atoms with Crippen LogP contribution in [0.4, 0.5) is 0 Å². The Morgan fingerprint density at radius 3 is 1.96 bits per heavy atom. The van der Waals surface area contributed by atoms with Crippen molar-refractivity contribution in [1.29, 1.82) is 0 Å². The van der Waals surface area contributed by atoms with Crippen LogP contribution in [0.5, 0.6) is 0 Å². The van der Waals surface area contributed by atoms with Gasteiger partial charge in [0.15, 0.2) is 5.82 Å². The van der Waals surface area contributed by atoms with Crippen molar-refractivity contribution in [2.45, 2.75) is 26.7 Å². The SMILES string of the molecule is Cc1cc(-c2ccccc2)nc(CCc2cc(C)nc(-c3ccccc3)n2)n1. The molecule has 0 bridgehead atoms. The Bertz CT molecular complexity index is 987. The molecule has 0 saturated carbocycles. The molecule has 0 radical (unpaired) electrons. The van der Waals surface area contributed by atoms with Crippen LogP contribution in [0.2, 0.25) is 0 Å². The minimum atomic E-state index is 0.742. The van der Waals surface area contributed by atoms with E-state index in [1.807, 2.05) is 74.5 Å². The molecule has 138 valence electrons. The molecule has 0 amide bonds. The first-order valence-corrected chi connectivity index (χ1v) is 9.47. The molecule has 4 heteroatoms. The van der Waals surface area contributed by atoms with E-state index >= 15 is 0 Å². The molecule has 0 aliphatic rings. The van der Waals surface area contributed by atoms with E-state index in [9.17, 15) is 0 Å². The second-order valence-corrected chi connectivity index (χ2v) is 6.87. The van der Waals surface area contributed by atoms with Gasteiger partial charge in [0.2, 0.25) is 0 Å². The summed E-state index contributed by atoms with van der Waals surface area (Å²) < 4.78 is 0. The normalized spacial score (nSPS) is 10.8. The highest BCUT2D eigenvalue weighted by molar-refractivity contribution is 5.59. The van der Waals surface area contributed by atoms with Crippen LogP contribution in [-0.2, 0) is 12.8 Å². The van der Waals surface area contributed by atoms with Gasteiger partial charge in [-0.1, -0.05) is 60.7 Å². The van der Waals surface area contributed by atoms with E-state index in [4.69, 9.17) is 9.97 Å². The van der Waals surface area contributed by atoms with E-state index in [0.717, 1.165) is 58.4 Å². The van der Waals surface area contributed by atoms with E-state index in [1.165, 1.54) is 0 Å². The molecule has 0 N–H and O–H groups in total. The number of rotatable bonds is 5. The van der Waals surface area contributed by atoms with Gasteiger partial charge in [-0.2, -0.15) is 0 Å². The molecule has 0 saturated heterocycles.